The number of halogens is 4. The molecule has 0 bridgehead atoms. The fourth-order valence-corrected chi connectivity index (χ4v) is 4.40. The average molecular weight is 473 g/mol. The van der Waals surface area contributed by atoms with Gasteiger partial charge in [-0.05, 0) is 54.8 Å². The molecular formula is C22H24ClF3N2O2S. The lowest BCUT2D eigenvalue weighted by atomic mass is 9.83. The predicted molar refractivity (Wildman–Crippen MR) is 116 cm³/mol. The fraction of sp³-hybridized carbons (Fsp3) is 0.409. The Labute approximate surface area is 188 Å². The van der Waals surface area contributed by atoms with E-state index in [-0.39, 0.29) is 30.9 Å². The molecule has 1 aliphatic rings. The number of carbonyl (C=O) groups is 1. The zero-order valence-electron chi connectivity index (χ0n) is 16.8. The minimum Gasteiger partial charge on any atom is -0.385 e. The van der Waals surface area contributed by atoms with Gasteiger partial charge in [0.05, 0.1) is 17.7 Å². The van der Waals surface area contributed by atoms with E-state index in [1.165, 1.54) is 12.1 Å². The van der Waals surface area contributed by atoms with Crippen molar-refractivity contribution in [1.82, 2.24) is 10.2 Å². The molecule has 0 spiro atoms. The Morgan fingerprint density at radius 1 is 1.16 bits per heavy atom. The first-order chi connectivity index (χ1) is 14.7. The monoisotopic (exact) mass is 472 g/mol. The molecule has 0 radical (unpaired) electrons. The van der Waals surface area contributed by atoms with Gasteiger partial charge in [0.2, 0.25) is 5.91 Å². The molecule has 4 nitrogen and oxygen atoms in total. The van der Waals surface area contributed by atoms with Crippen LogP contribution < -0.4 is 5.32 Å². The first-order valence-electron chi connectivity index (χ1n) is 9.93. The van der Waals surface area contributed by atoms with Crippen molar-refractivity contribution in [1.29, 1.82) is 0 Å². The van der Waals surface area contributed by atoms with E-state index < -0.39 is 17.3 Å². The molecule has 0 saturated carbocycles. The van der Waals surface area contributed by atoms with E-state index in [1.807, 2.05) is 29.2 Å². The second kappa shape index (κ2) is 10.3. The van der Waals surface area contributed by atoms with Gasteiger partial charge in [0.1, 0.15) is 0 Å². The maximum absolute atomic E-state index is 13.0. The lowest BCUT2D eigenvalue weighted by Crippen LogP contribution is -2.46. The molecule has 1 amide bonds. The molecule has 1 fully saturated rings. The minimum absolute atomic E-state index is 0.110. The van der Waals surface area contributed by atoms with Crippen LogP contribution in [0.2, 0.25) is 5.02 Å². The molecule has 0 aromatic heterocycles. The van der Waals surface area contributed by atoms with E-state index in [1.54, 1.807) is 11.8 Å². The van der Waals surface area contributed by atoms with Crippen LogP contribution in [0.1, 0.15) is 24.0 Å². The summed E-state index contributed by atoms with van der Waals surface area (Å²) in [5, 5.41) is 14.4. The summed E-state index contributed by atoms with van der Waals surface area (Å²) in [5.74, 6) is 0.615. The highest BCUT2D eigenvalue weighted by Crippen LogP contribution is 2.36. The number of amides is 1. The van der Waals surface area contributed by atoms with E-state index in [0.29, 0.717) is 24.7 Å². The largest absolute Gasteiger partial charge is 0.416 e. The van der Waals surface area contributed by atoms with Gasteiger partial charge in [0, 0.05) is 35.3 Å². The number of nitrogens with one attached hydrogen (secondary N) is 1. The molecule has 1 saturated heterocycles. The third-order valence-electron chi connectivity index (χ3n) is 5.28. The Hall–Kier alpha value is -1.74. The smallest absolute Gasteiger partial charge is 0.385 e. The standard InChI is InChI=1S/C22H24ClF3N2O2S/c23-18-4-6-19(7-5-18)31-13-10-27-20(29)15-28-11-8-21(30,9-12-28)16-2-1-3-17(14-16)22(24,25)26/h1-7,14,30H,8-13,15H2,(H,27,29). The second-order valence-electron chi connectivity index (χ2n) is 7.54. The molecule has 0 unspecified atom stereocenters. The van der Waals surface area contributed by atoms with Crippen LogP contribution in [0.25, 0.3) is 0 Å². The molecule has 0 aliphatic carbocycles. The summed E-state index contributed by atoms with van der Waals surface area (Å²) in [7, 11) is 0. The number of likely N-dealkylation sites (tertiary alicyclic amines) is 1. The van der Waals surface area contributed by atoms with Crippen LogP contribution in [0.5, 0.6) is 0 Å². The molecular weight excluding hydrogens is 449 g/mol. The maximum Gasteiger partial charge on any atom is 0.416 e. The number of thioether (sulfide) groups is 1. The SMILES string of the molecule is O=C(CN1CCC(O)(c2cccc(C(F)(F)F)c2)CC1)NCCSc1ccc(Cl)cc1. The summed E-state index contributed by atoms with van der Waals surface area (Å²) in [4.78, 5) is 15.2. The van der Waals surface area contributed by atoms with Crippen LogP contribution in [-0.4, -0.2) is 47.8 Å². The van der Waals surface area contributed by atoms with E-state index >= 15 is 0 Å². The quantitative estimate of drug-likeness (QED) is 0.458. The Balaban J connectivity index is 1.42. The van der Waals surface area contributed by atoms with Crippen LogP contribution in [0.3, 0.4) is 0 Å². The van der Waals surface area contributed by atoms with E-state index in [2.05, 4.69) is 5.32 Å². The average Bonchev–Trinajstić information content (AvgIpc) is 2.74. The van der Waals surface area contributed by atoms with Crippen molar-refractivity contribution in [3.8, 4) is 0 Å². The summed E-state index contributed by atoms with van der Waals surface area (Å²) in [6.07, 6.45) is -3.90. The number of carbonyl (C=O) groups excluding carboxylic acids is 1. The van der Waals surface area contributed by atoms with Crippen LogP contribution in [0.15, 0.2) is 53.4 Å². The minimum atomic E-state index is -4.45. The fourth-order valence-electron chi connectivity index (χ4n) is 3.50. The van der Waals surface area contributed by atoms with Crippen molar-refractivity contribution < 1.29 is 23.1 Å². The lowest BCUT2D eigenvalue weighted by molar-refractivity contribution is -0.138. The number of nitrogens with zero attached hydrogens (tertiary/aromatic N) is 1. The third-order valence-corrected chi connectivity index (χ3v) is 6.55. The van der Waals surface area contributed by atoms with Gasteiger partial charge in [-0.2, -0.15) is 13.2 Å². The Bertz CT molecular complexity index is 885. The van der Waals surface area contributed by atoms with Gasteiger partial charge in [0.25, 0.3) is 0 Å². The highest BCUT2D eigenvalue weighted by Gasteiger charge is 2.37. The Morgan fingerprint density at radius 3 is 2.48 bits per heavy atom. The lowest BCUT2D eigenvalue weighted by Gasteiger charge is -2.38. The first kappa shape index (κ1) is 23.9. The van der Waals surface area contributed by atoms with Crippen molar-refractivity contribution in [3.05, 3.63) is 64.7 Å². The molecule has 31 heavy (non-hydrogen) atoms. The molecule has 168 valence electrons. The van der Waals surface area contributed by atoms with Gasteiger partial charge in [-0.3, -0.25) is 9.69 Å². The number of hydrogen-bond acceptors (Lipinski definition) is 4. The van der Waals surface area contributed by atoms with E-state index in [9.17, 15) is 23.1 Å². The normalized spacial score (nSPS) is 16.8. The van der Waals surface area contributed by atoms with Crippen molar-refractivity contribution in [3.63, 3.8) is 0 Å². The molecule has 3 rings (SSSR count). The van der Waals surface area contributed by atoms with Gasteiger partial charge in [0.15, 0.2) is 0 Å². The Morgan fingerprint density at radius 2 is 1.84 bits per heavy atom. The molecule has 9 heteroatoms. The van der Waals surface area contributed by atoms with Crippen molar-refractivity contribution >= 4 is 29.3 Å². The van der Waals surface area contributed by atoms with Gasteiger partial charge in [-0.1, -0.05) is 23.7 Å². The predicted octanol–water partition coefficient (Wildman–Crippen LogP) is 4.55. The zero-order valence-corrected chi connectivity index (χ0v) is 18.4. The number of piperidine rings is 1. The van der Waals surface area contributed by atoms with Gasteiger partial charge in [-0.25, -0.2) is 0 Å². The number of benzene rings is 2. The topological polar surface area (TPSA) is 52.6 Å². The van der Waals surface area contributed by atoms with Crippen molar-refractivity contribution in [2.24, 2.45) is 0 Å². The third kappa shape index (κ3) is 6.87. The summed E-state index contributed by atoms with van der Waals surface area (Å²) in [6.45, 7) is 1.58. The van der Waals surface area contributed by atoms with Crippen LogP contribution in [0, 0.1) is 0 Å². The summed E-state index contributed by atoms with van der Waals surface area (Å²) in [5.41, 5.74) is -1.81. The van der Waals surface area contributed by atoms with Crippen LogP contribution in [-0.2, 0) is 16.6 Å². The first-order valence-corrected chi connectivity index (χ1v) is 11.3. The highest BCUT2D eigenvalue weighted by molar-refractivity contribution is 7.99. The molecule has 1 aliphatic heterocycles. The second-order valence-corrected chi connectivity index (χ2v) is 9.14. The molecule has 2 aromatic rings. The van der Waals surface area contributed by atoms with Crippen LogP contribution >= 0.6 is 23.4 Å². The number of hydrogen-bond donors (Lipinski definition) is 2. The zero-order chi connectivity index (χ0) is 22.5. The molecule has 2 N–H and O–H groups in total. The molecule has 1 heterocycles. The summed E-state index contributed by atoms with van der Waals surface area (Å²) in [6, 6.07) is 12.3. The van der Waals surface area contributed by atoms with Gasteiger partial charge < -0.3 is 10.4 Å². The number of rotatable bonds is 7. The molecule has 0 atom stereocenters. The van der Waals surface area contributed by atoms with Crippen LogP contribution in [0.4, 0.5) is 13.2 Å². The van der Waals surface area contributed by atoms with Gasteiger partial charge in [-0.15, -0.1) is 11.8 Å². The molecule has 2 aromatic carbocycles. The van der Waals surface area contributed by atoms with Crippen molar-refractivity contribution in [2.45, 2.75) is 29.5 Å². The van der Waals surface area contributed by atoms with Crippen molar-refractivity contribution in [2.75, 3.05) is 31.9 Å². The van der Waals surface area contributed by atoms with E-state index in [0.717, 1.165) is 22.8 Å². The Kier molecular flexibility index (Phi) is 7.91. The van der Waals surface area contributed by atoms with Gasteiger partial charge >= 0.3 is 6.18 Å². The number of aliphatic hydroxyl groups is 1. The highest BCUT2D eigenvalue weighted by atomic mass is 35.5. The number of alkyl halides is 3. The summed E-state index contributed by atoms with van der Waals surface area (Å²) >= 11 is 7.47. The summed E-state index contributed by atoms with van der Waals surface area (Å²) < 4.78 is 38.9. The maximum atomic E-state index is 13.0. The van der Waals surface area contributed by atoms with E-state index in [4.69, 9.17) is 11.6 Å².